The molecule has 6 heteroatoms. The van der Waals surface area contributed by atoms with Crippen LogP contribution in [0.25, 0.3) is 0 Å². The fourth-order valence-electron chi connectivity index (χ4n) is 2.52. The fourth-order valence-corrected chi connectivity index (χ4v) is 2.52. The Morgan fingerprint density at radius 1 is 1.36 bits per heavy atom. The minimum Gasteiger partial charge on any atom is -0.361 e. The van der Waals surface area contributed by atoms with Gasteiger partial charge in [0.05, 0.1) is 17.5 Å². The molecule has 0 spiro atoms. The number of amides is 2. The lowest BCUT2D eigenvalue weighted by Crippen LogP contribution is -2.27. The highest BCUT2D eigenvalue weighted by molar-refractivity contribution is 6.06. The highest BCUT2D eigenvalue weighted by Gasteiger charge is 2.38. The number of nitrogens with zero attached hydrogens (tertiary/aromatic N) is 1. The van der Waals surface area contributed by atoms with Gasteiger partial charge < -0.3 is 15.2 Å². The number of carbonyl (C=O) groups is 2. The zero-order valence-electron chi connectivity index (χ0n) is 12.7. The molecule has 0 unspecified atom stereocenters. The number of hydrogen-bond acceptors (Lipinski definition) is 4. The Balaban J connectivity index is 1.76. The largest absolute Gasteiger partial charge is 0.361 e. The molecule has 0 bridgehead atoms. The van der Waals surface area contributed by atoms with E-state index in [0.29, 0.717) is 17.1 Å². The quantitative estimate of drug-likeness (QED) is 0.911. The van der Waals surface area contributed by atoms with Gasteiger partial charge in [-0.15, -0.1) is 0 Å². The molecule has 1 aromatic heterocycles. The first-order chi connectivity index (χ1) is 10.4. The Kier molecular flexibility index (Phi) is 3.24. The predicted molar refractivity (Wildman–Crippen MR) is 81.7 cm³/mol. The number of aryl methyl sites for hydroxylation is 1. The lowest BCUT2D eigenvalue weighted by Gasteiger charge is -2.16. The van der Waals surface area contributed by atoms with Gasteiger partial charge in [0.1, 0.15) is 5.76 Å². The Labute approximate surface area is 127 Å². The molecule has 3 rings (SSSR count). The minimum atomic E-state index is -0.598. The van der Waals surface area contributed by atoms with E-state index in [1.165, 1.54) is 0 Å². The van der Waals surface area contributed by atoms with E-state index in [-0.39, 0.29) is 18.2 Å². The van der Waals surface area contributed by atoms with Crippen molar-refractivity contribution in [1.82, 2.24) is 5.16 Å². The summed E-state index contributed by atoms with van der Waals surface area (Å²) < 4.78 is 4.94. The van der Waals surface area contributed by atoms with Crippen LogP contribution in [0, 0.1) is 6.92 Å². The fraction of sp³-hybridized carbons (Fsp3) is 0.312. The van der Waals surface area contributed by atoms with Crippen LogP contribution >= 0.6 is 0 Å². The second kappa shape index (κ2) is 4.98. The molecular weight excluding hydrogens is 282 g/mol. The van der Waals surface area contributed by atoms with Gasteiger partial charge in [0, 0.05) is 17.4 Å². The monoisotopic (exact) mass is 299 g/mol. The Hall–Kier alpha value is -2.63. The van der Waals surface area contributed by atoms with Crippen molar-refractivity contribution in [2.45, 2.75) is 32.6 Å². The third-order valence-corrected chi connectivity index (χ3v) is 3.81. The summed E-state index contributed by atoms with van der Waals surface area (Å²) in [7, 11) is 0. The van der Waals surface area contributed by atoms with Crippen molar-refractivity contribution in [1.29, 1.82) is 0 Å². The van der Waals surface area contributed by atoms with Crippen LogP contribution in [-0.4, -0.2) is 17.0 Å². The molecule has 6 nitrogen and oxygen atoms in total. The molecule has 0 saturated heterocycles. The molecule has 0 aliphatic carbocycles. The summed E-state index contributed by atoms with van der Waals surface area (Å²) in [6, 6.07) is 7.14. The van der Waals surface area contributed by atoms with E-state index in [0.717, 1.165) is 11.3 Å². The molecule has 2 aromatic rings. The van der Waals surface area contributed by atoms with Crippen molar-refractivity contribution in [2.24, 2.45) is 0 Å². The molecule has 0 saturated carbocycles. The normalized spacial score (nSPS) is 15.3. The highest BCUT2D eigenvalue weighted by Crippen LogP contribution is 2.38. The molecule has 0 atom stereocenters. The van der Waals surface area contributed by atoms with Crippen LogP contribution < -0.4 is 10.6 Å². The topological polar surface area (TPSA) is 84.2 Å². The minimum absolute atomic E-state index is 0.0379. The second-order valence-electron chi connectivity index (χ2n) is 5.99. The molecular formula is C16H17N3O3. The Morgan fingerprint density at radius 3 is 2.82 bits per heavy atom. The smallest absolute Gasteiger partial charge is 0.234 e. The maximum absolute atomic E-state index is 12.0. The van der Waals surface area contributed by atoms with Gasteiger partial charge in [-0.2, -0.15) is 0 Å². The number of fused-ring (bicyclic) bond motifs is 1. The third kappa shape index (κ3) is 2.47. The summed E-state index contributed by atoms with van der Waals surface area (Å²) in [5.74, 6) is 0.457. The number of benzene rings is 1. The highest BCUT2D eigenvalue weighted by atomic mass is 16.5. The van der Waals surface area contributed by atoms with Crippen LogP contribution in [0.1, 0.15) is 30.9 Å². The van der Waals surface area contributed by atoms with Gasteiger partial charge in [0.2, 0.25) is 11.8 Å². The maximum Gasteiger partial charge on any atom is 0.234 e. The average Bonchev–Trinajstić information content (AvgIpc) is 2.93. The van der Waals surface area contributed by atoms with Crippen molar-refractivity contribution in [3.63, 3.8) is 0 Å². The van der Waals surface area contributed by atoms with Crippen molar-refractivity contribution in [2.75, 3.05) is 10.6 Å². The number of nitrogens with one attached hydrogen (secondary N) is 2. The molecule has 2 amide bonds. The first-order valence-electron chi connectivity index (χ1n) is 7.04. The van der Waals surface area contributed by atoms with E-state index in [1.807, 2.05) is 19.9 Å². The molecule has 22 heavy (non-hydrogen) atoms. The summed E-state index contributed by atoms with van der Waals surface area (Å²) in [4.78, 5) is 24.0. The van der Waals surface area contributed by atoms with Crippen molar-refractivity contribution in [3.8, 4) is 0 Å². The SMILES string of the molecule is Cc1cc(CC(=O)Nc2ccc3c(c2)C(C)(C)C(=O)N3)no1. The van der Waals surface area contributed by atoms with E-state index in [4.69, 9.17) is 4.52 Å². The second-order valence-corrected chi connectivity index (χ2v) is 5.99. The maximum atomic E-state index is 12.0. The van der Waals surface area contributed by atoms with Crippen LogP contribution in [0.4, 0.5) is 11.4 Å². The van der Waals surface area contributed by atoms with Crippen LogP contribution in [0.15, 0.2) is 28.8 Å². The molecule has 1 aliphatic rings. The zero-order chi connectivity index (χ0) is 15.9. The van der Waals surface area contributed by atoms with E-state index >= 15 is 0 Å². The van der Waals surface area contributed by atoms with E-state index in [2.05, 4.69) is 15.8 Å². The summed E-state index contributed by atoms with van der Waals surface area (Å²) in [6.07, 6.45) is 0.148. The molecule has 114 valence electrons. The first kappa shape index (κ1) is 14.3. The van der Waals surface area contributed by atoms with Gasteiger partial charge in [-0.25, -0.2) is 0 Å². The predicted octanol–water partition coefficient (Wildman–Crippen LogP) is 2.39. The van der Waals surface area contributed by atoms with E-state index in [1.54, 1.807) is 25.1 Å². The molecule has 0 radical (unpaired) electrons. The van der Waals surface area contributed by atoms with Crippen LogP contribution in [0.2, 0.25) is 0 Å². The summed E-state index contributed by atoms with van der Waals surface area (Å²) in [5.41, 5.74) is 2.33. The van der Waals surface area contributed by atoms with Gasteiger partial charge >= 0.3 is 0 Å². The van der Waals surface area contributed by atoms with Crippen molar-refractivity contribution in [3.05, 3.63) is 41.3 Å². The van der Waals surface area contributed by atoms with Gasteiger partial charge in [0.25, 0.3) is 0 Å². The van der Waals surface area contributed by atoms with Gasteiger partial charge in [-0.3, -0.25) is 9.59 Å². The average molecular weight is 299 g/mol. The Bertz CT molecular complexity index is 762. The number of aromatic nitrogens is 1. The lowest BCUT2D eigenvalue weighted by atomic mass is 9.86. The van der Waals surface area contributed by atoms with Crippen LogP contribution in [0.3, 0.4) is 0 Å². The zero-order valence-corrected chi connectivity index (χ0v) is 12.7. The summed E-state index contributed by atoms with van der Waals surface area (Å²) in [6.45, 7) is 5.50. The summed E-state index contributed by atoms with van der Waals surface area (Å²) in [5, 5.41) is 9.46. The van der Waals surface area contributed by atoms with Crippen LogP contribution in [-0.2, 0) is 21.4 Å². The molecule has 0 fully saturated rings. The molecule has 2 N–H and O–H groups in total. The van der Waals surface area contributed by atoms with Crippen molar-refractivity contribution < 1.29 is 14.1 Å². The van der Waals surface area contributed by atoms with Gasteiger partial charge in [0.15, 0.2) is 0 Å². The first-order valence-corrected chi connectivity index (χ1v) is 7.04. The number of carbonyl (C=O) groups excluding carboxylic acids is 2. The summed E-state index contributed by atoms with van der Waals surface area (Å²) >= 11 is 0. The lowest BCUT2D eigenvalue weighted by molar-refractivity contribution is -0.119. The van der Waals surface area contributed by atoms with Gasteiger partial charge in [-0.1, -0.05) is 5.16 Å². The number of rotatable bonds is 3. The molecule has 1 aromatic carbocycles. The third-order valence-electron chi connectivity index (χ3n) is 3.81. The molecule has 1 aliphatic heterocycles. The standard InChI is InChI=1S/C16H17N3O3/c1-9-6-11(19-22-9)8-14(20)17-10-4-5-13-12(7-10)16(2,3)15(21)18-13/h4-7H,8H2,1-3H3,(H,17,20)(H,18,21). The Morgan fingerprint density at radius 2 is 2.14 bits per heavy atom. The van der Waals surface area contributed by atoms with Crippen molar-refractivity contribution >= 4 is 23.2 Å². The van der Waals surface area contributed by atoms with E-state index < -0.39 is 5.41 Å². The number of hydrogen-bond donors (Lipinski definition) is 2. The van der Waals surface area contributed by atoms with Gasteiger partial charge in [-0.05, 0) is 44.5 Å². The molecule has 2 heterocycles. The van der Waals surface area contributed by atoms with E-state index in [9.17, 15) is 9.59 Å². The van der Waals surface area contributed by atoms with Crippen LogP contribution in [0.5, 0.6) is 0 Å². The number of anilines is 2.